The minimum atomic E-state index is 0.0262. The number of hydrogen-bond acceptors (Lipinski definition) is 4. The average molecular weight is 293 g/mol. The van der Waals surface area contributed by atoms with E-state index in [-0.39, 0.29) is 5.54 Å². The molecule has 120 valence electrons. The van der Waals surface area contributed by atoms with Gasteiger partial charge in [0.25, 0.3) is 0 Å². The summed E-state index contributed by atoms with van der Waals surface area (Å²) in [7, 11) is 0. The first-order valence-electron chi connectivity index (χ1n) is 9.07. The Bertz CT molecular complexity index is 386. The molecule has 4 fully saturated rings. The van der Waals surface area contributed by atoms with E-state index in [1.807, 2.05) is 0 Å². The lowest BCUT2D eigenvalue weighted by molar-refractivity contribution is 0.0252. The number of rotatable bonds is 4. The number of aliphatic hydroxyl groups is 1. The minimum Gasteiger partial charge on any atom is -0.394 e. The summed E-state index contributed by atoms with van der Waals surface area (Å²) in [5.74, 6) is 0. The Morgan fingerprint density at radius 2 is 2.00 bits per heavy atom. The van der Waals surface area contributed by atoms with E-state index in [0.717, 1.165) is 18.9 Å². The highest BCUT2D eigenvalue weighted by atomic mass is 16.3. The van der Waals surface area contributed by atoms with Gasteiger partial charge in [-0.05, 0) is 58.4 Å². The zero-order valence-electron chi connectivity index (χ0n) is 13.4. The Balaban J connectivity index is 1.41. The molecule has 2 heterocycles. The van der Waals surface area contributed by atoms with Crippen LogP contribution in [-0.2, 0) is 0 Å². The highest BCUT2D eigenvalue weighted by Gasteiger charge is 2.46. The quantitative estimate of drug-likeness (QED) is 0.817. The first-order valence-corrected chi connectivity index (χ1v) is 9.07. The lowest BCUT2D eigenvalue weighted by atomic mass is 9.97. The van der Waals surface area contributed by atoms with Crippen LogP contribution in [0.15, 0.2) is 0 Å². The highest BCUT2D eigenvalue weighted by molar-refractivity contribution is 5.05. The van der Waals surface area contributed by atoms with Crippen molar-refractivity contribution in [3.05, 3.63) is 0 Å². The number of nitrogens with one attached hydrogen (secondary N) is 1. The smallest absolute Gasteiger partial charge is 0.0614 e. The van der Waals surface area contributed by atoms with Crippen LogP contribution in [0, 0.1) is 0 Å². The van der Waals surface area contributed by atoms with Crippen molar-refractivity contribution < 1.29 is 5.11 Å². The fourth-order valence-corrected chi connectivity index (χ4v) is 5.08. The van der Waals surface area contributed by atoms with E-state index >= 15 is 0 Å². The van der Waals surface area contributed by atoms with Crippen molar-refractivity contribution in [2.24, 2.45) is 0 Å². The van der Waals surface area contributed by atoms with Gasteiger partial charge in [-0.25, -0.2) is 0 Å². The standard InChI is InChI=1S/C17H31N3O/c1-13-10-19-8-2-3-16(19)11-20(13)15-6-7-17(9-15,12-21)18-14-4-5-14/h13-16,18,21H,2-12H2,1H3. The van der Waals surface area contributed by atoms with Gasteiger partial charge in [0.1, 0.15) is 0 Å². The summed E-state index contributed by atoms with van der Waals surface area (Å²) in [4.78, 5) is 5.48. The van der Waals surface area contributed by atoms with Crippen LogP contribution >= 0.6 is 0 Å². The molecule has 2 saturated heterocycles. The Morgan fingerprint density at radius 1 is 1.14 bits per heavy atom. The van der Waals surface area contributed by atoms with Crippen molar-refractivity contribution in [3.63, 3.8) is 0 Å². The largest absolute Gasteiger partial charge is 0.394 e. The van der Waals surface area contributed by atoms with Crippen molar-refractivity contribution >= 4 is 0 Å². The van der Waals surface area contributed by atoms with Gasteiger partial charge in [0.2, 0.25) is 0 Å². The summed E-state index contributed by atoms with van der Waals surface area (Å²) in [6, 6.07) is 2.86. The molecule has 4 aliphatic rings. The lowest BCUT2D eigenvalue weighted by Gasteiger charge is -2.45. The maximum Gasteiger partial charge on any atom is 0.0614 e. The zero-order valence-corrected chi connectivity index (χ0v) is 13.4. The van der Waals surface area contributed by atoms with Crippen molar-refractivity contribution in [1.29, 1.82) is 0 Å². The molecule has 2 saturated carbocycles. The zero-order chi connectivity index (χ0) is 14.4. The Kier molecular flexibility index (Phi) is 3.77. The Morgan fingerprint density at radius 3 is 2.76 bits per heavy atom. The van der Waals surface area contributed by atoms with E-state index < -0.39 is 0 Å². The monoisotopic (exact) mass is 293 g/mol. The van der Waals surface area contributed by atoms with Crippen LogP contribution in [0.25, 0.3) is 0 Å². The first-order chi connectivity index (χ1) is 10.2. The molecule has 0 aromatic heterocycles. The van der Waals surface area contributed by atoms with E-state index in [0.29, 0.717) is 24.7 Å². The van der Waals surface area contributed by atoms with E-state index in [4.69, 9.17) is 0 Å². The lowest BCUT2D eigenvalue weighted by Crippen LogP contribution is -2.58. The summed E-state index contributed by atoms with van der Waals surface area (Å²) in [5, 5.41) is 13.7. The van der Waals surface area contributed by atoms with Gasteiger partial charge in [-0.1, -0.05) is 0 Å². The summed E-state index contributed by atoms with van der Waals surface area (Å²) < 4.78 is 0. The van der Waals surface area contributed by atoms with Crippen molar-refractivity contribution in [1.82, 2.24) is 15.1 Å². The topological polar surface area (TPSA) is 38.7 Å². The number of hydrogen-bond donors (Lipinski definition) is 2. The molecule has 0 bridgehead atoms. The molecule has 0 aromatic rings. The second kappa shape index (κ2) is 5.48. The van der Waals surface area contributed by atoms with Crippen LogP contribution in [0.1, 0.15) is 51.9 Å². The molecule has 4 rings (SSSR count). The first kappa shape index (κ1) is 14.4. The van der Waals surface area contributed by atoms with Gasteiger partial charge >= 0.3 is 0 Å². The fourth-order valence-electron chi connectivity index (χ4n) is 5.08. The molecule has 0 spiro atoms. The molecule has 2 N–H and O–H groups in total. The molecule has 4 heteroatoms. The van der Waals surface area contributed by atoms with E-state index in [1.54, 1.807) is 0 Å². The average Bonchev–Trinajstić information content (AvgIpc) is 3.00. The number of piperazine rings is 1. The number of aliphatic hydroxyl groups excluding tert-OH is 1. The van der Waals surface area contributed by atoms with Crippen LogP contribution < -0.4 is 5.32 Å². The molecule has 2 aliphatic heterocycles. The van der Waals surface area contributed by atoms with E-state index in [2.05, 4.69) is 22.0 Å². The molecular weight excluding hydrogens is 262 g/mol. The normalized spacial score (nSPS) is 45.1. The third-order valence-electron chi connectivity index (χ3n) is 6.43. The van der Waals surface area contributed by atoms with Gasteiger partial charge in [-0.2, -0.15) is 0 Å². The third-order valence-corrected chi connectivity index (χ3v) is 6.43. The minimum absolute atomic E-state index is 0.0262. The van der Waals surface area contributed by atoms with Crippen molar-refractivity contribution in [2.75, 3.05) is 26.2 Å². The third kappa shape index (κ3) is 2.76. The molecule has 0 amide bonds. The Labute approximate surface area is 128 Å². The second-order valence-corrected chi connectivity index (χ2v) is 8.09. The van der Waals surface area contributed by atoms with Gasteiger partial charge in [-0.15, -0.1) is 0 Å². The number of nitrogens with zero attached hydrogens (tertiary/aromatic N) is 2. The summed E-state index contributed by atoms with van der Waals surface area (Å²) in [6.45, 7) is 6.55. The molecular formula is C17H31N3O. The molecule has 4 unspecified atom stereocenters. The SMILES string of the molecule is CC1CN2CCCC2CN1C1CCC(CO)(NC2CC2)C1. The van der Waals surface area contributed by atoms with Crippen LogP contribution in [-0.4, -0.2) is 70.9 Å². The van der Waals surface area contributed by atoms with Crippen LogP contribution in [0.5, 0.6) is 0 Å². The van der Waals surface area contributed by atoms with Crippen LogP contribution in [0.3, 0.4) is 0 Å². The summed E-state index contributed by atoms with van der Waals surface area (Å²) in [6.07, 6.45) is 8.96. The maximum absolute atomic E-state index is 9.94. The maximum atomic E-state index is 9.94. The fraction of sp³-hybridized carbons (Fsp3) is 1.00. The molecule has 0 radical (unpaired) electrons. The van der Waals surface area contributed by atoms with Gasteiger partial charge in [0.05, 0.1) is 6.61 Å². The second-order valence-electron chi connectivity index (χ2n) is 8.09. The molecule has 0 aromatic carbocycles. The van der Waals surface area contributed by atoms with E-state index in [1.165, 1.54) is 51.7 Å². The van der Waals surface area contributed by atoms with Crippen molar-refractivity contribution in [3.8, 4) is 0 Å². The van der Waals surface area contributed by atoms with Gasteiger partial charge in [0.15, 0.2) is 0 Å². The van der Waals surface area contributed by atoms with Gasteiger partial charge in [0, 0.05) is 42.8 Å². The summed E-state index contributed by atoms with van der Waals surface area (Å²) >= 11 is 0. The van der Waals surface area contributed by atoms with Crippen molar-refractivity contribution in [2.45, 2.75) is 81.6 Å². The van der Waals surface area contributed by atoms with Gasteiger partial charge in [-0.3, -0.25) is 9.80 Å². The Hall–Kier alpha value is -0.160. The molecule has 4 nitrogen and oxygen atoms in total. The number of fused-ring (bicyclic) bond motifs is 1. The molecule has 2 aliphatic carbocycles. The van der Waals surface area contributed by atoms with Gasteiger partial charge < -0.3 is 10.4 Å². The van der Waals surface area contributed by atoms with E-state index in [9.17, 15) is 5.11 Å². The van der Waals surface area contributed by atoms with Crippen LogP contribution in [0.2, 0.25) is 0 Å². The predicted molar refractivity (Wildman–Crippen MR) is 84.4 cm³/mol. The predicted octanol–water partition coefficient (Wildman–Crippen LogP) is 1.19. The molecule has 21 heavy (non-hydrogen) atoms. The molecule has 4 atom stereocenters. The van der Waals surface area contributed by atoms with Crippen LogP contribution in [0.4, 0.5) is 0 Å². The summed E-state index contributed by atoms with van der Waals surface area (Å²) in [5.41, 5.74) is 0.0262. The highest BCUT2D eigenvalue weighted by Crippen LogP contribution is 2.38.